The summed E-state index contributed by atoms with van der Waals surface area (Å²) in [5.74, 6) is 0. The van der Waals surface area contributed by atoms with Crippen LogP contribution in [0.3, 0.4) is 0 Å². The average Bonchev–Trinajstić information content (AvgIpc) is 1.93. The van der Waals surface area contributed by atoms with E-state index in [4.69, 9.17) is 5.73 Å². The first-order valence-electron chi connectivity index (χ1n) is 3.55. The molecule has 0 aliphatic carbocycles. The van der Waals surface area contributed by atoms with Crippen LogP contribution in [0.15, 0.2) is 22.8 Å². The van der Waals surface area contributed by atoms with Crippen LogP contribution < -0.4 is 5.73 Å². The molecule has 3 heteroatoms. The summed E-state index contributed by atoms with van der Waals surface area (Å²) in [6.45, 7) is 1.97. The van der Waals surface area contributed by atoms with Crippen molar-refractivity contribution in [3.05, 3.63) is 28.5 Å². The molecule has 0 saturated heterocycles. The number of hydrogen-bond donors (Lipinski definition) is 1. The number of hydrogen-bond acceptors (Lipinski definition) is 2. The molecule has 1 rings (SSSR count). The van der Waals surface area contributed by atoms with Crippen LogP contribution in [0.1, 0.15) is 12.6 Å². The van der Waals surface area contributed by atoms with E-state index in [-0.39, 0.29) is 6.04 Å². The first-order valence-corrected chi connectivity index (χ1v) is 4.34. The van der Waals surface area contributed by atoms with Crippen LogP contribution in [0.25, 0.3) is 0 Å². The fourth-order valence-corrected chi connectivity index (χ4v) is 1.29. The molecule has 0 aliphatic rings. The lowest BCUT2D eigenvalue weighted by Crippen LogP contribution is -2.18. The maximum Gasteiger partial charge on any atom is 0.0560 e. The standard InChI is InChI=1S/C8H11BrN2/c1-6(10)5-8-7(9)3-2-4-11-8/h2-4,6H,5,10H2,1H3/t6-/m1/s1. The third kappa shape index (κ3) is 2.60. The second kappa shape index (κ2) is 3.83. The van der Waals surface area contributed by atoms with Gasteiger partial charge in [-0.1, -0.05) is 0 Å². The molecule has 1 aromatic rings. The predicted octanol–water partition coefficient (Wildman–Crippen LogP) is 1.73. The van der Waals surface area contributed by atoms with Gasteiger partial charge in [0.2, 0.25) is 0 Å². The van der Waals surface area contributed by atoms with Gasteiger partial charge in [-0.2, -0.15) is 0 Å². The van der Waals surface area contributed by atoms with Crippen LogP contribution in [0, 0.1) is 0 Å². The Morgan fingerprint density at radius 1 is 1.73 bits per heavy atom. The number of rotatable bonds is 2. The van der Waals surface area contributed by atoms with Crippen molar-refractivity contribution in [1.82, 2.24) is 4.98 Å². The summed E-state index contributed by atoms with van der Waals surface area (Å²) in [6, 6.07) is 4.04. The summed E-state index contributed by atoms with van der Waals surface area (Å²) < 4.78 is 1.04. The Kier molecular flexibility index (Phi) is 3.02. The fourth-order valence-electron chi connectivity index (χ4n) is 0.874. The van der Waals surface area contributed by atoms with Crippen molar-refractivity contribution < 1.29 is 0 Å². The molecule has 1 aromatic heterocycles. The summed E-state index contributed by atoms with van der Waals surface area (Å²) in [6.07, 6.45) is 2.60. The maximum absolute atomic E-state index is 5.63. The Labute approximate surface area is 75.0 Å². The fraction of sp³-hybridized carbons (Fsp3) is 0.375. The van der Waals surface area contributed by atoms with Gasteiger partial charge in [-0.15, -0.1) is 0 Å². The zero-order valence-corrected chi connectivity index (χ0v) is 8.01. The van der Waals surface area contributed by atoms with E-state index in [1.165, 1.54) is 0 Å². The van der Waals surface area contributed by atoms with E-state index >= 15 is 0 Å². The summed E-state index contributed by atoms with van der Waals surface area (Å²) in [5, 5.41) is 0. The molecule has 1 heterocycles. The average molecular weight is 215 g/mol. The molecular formula is C8H11BrN2. The highest BCUT2D eigenvalue weighted by Crippen LogP contribution is 2.13. The monoisotopic (exact) mass is 214 g/mol. The largest absolute Gasteiger partial charge is 0.328 e. The SMILES string of the molecule is C[C@@H](N)Cc1ncccc1Br. The molecular weight excluding hydrogens is 204 g/mol. The quantitative estimate of drug-likeness (QED) is 0.815. The van der Waals surface area contributed by atoms with E-state index in [0.29, 0.717) is 0 Å². The van der Waals surface area contributed by atoms with Crippen molar-refractivity contribution in [3.8, 4) is 0 Å². The van der Waals surface area contributed by atoms with Gasteiger partial charge in [0.15, 0.2) is 0 Å². The van der Waals surface area contributed by atoms with E-state index in [1.54, 1.807) is 6.20 Å². The highest BCUT2D eigenvalue weighted by Gasteiger charge is 2.01. The van der Waals surface area contributed by atoms with E-state index in [1.807, 2.05) is 19.1 Å². The van der Waals surface area contributed by atoms with Gasteiger partial charge in [-0.3, -0.25) is 4.98 Å². The van der Waals surface area contributed by atoms with Gasteiger partial charge in [0.1, 0.15) is 0 Å². The Balaban J connectivity index is 2.78. The molecule has 0 amide bonds. The summed E-state index contributed by atoms with van der Waals surface area (Å²) in [7, 11) is 0. The number of pyridine rings is 1. The molecule has 2 nitrogen and oxygen atoms in total. The number of nitrogens with zero attached hydrogens (tertiary/aromatic N) is 1. The van der Waals surface area contributed by atoms with Crippen molar-refractivity contribution in [1.29, 1.82) is 0 Å². The predicted molar refractivity (Wildman–Crippen MR) is 49.3 cm³/mol. The normalized spacial score (nSPS) is 13.0. The van der Waals surface area contributed by atoms with Crippen molar-refractivity contribution in [3.63, 3.8) is 0 Å². The number of aromatic nitrogens is 1. The van der Waals surface area contributed by atoms with Crippen LogP contribution >= 0.6 is 15.9 Å². The van der Waals surface area contributed by atoms with Gasteiger partial charge < -0.3 is 5.73 Å². The third-order valence-corrected chi connectivity index (χ3v) is 2.07. The molecule has 2 N–H and O–H groups in total. The first kappa shape index (κ1) is 8.68. The molecule has 11 heavy (non-hydrogen) atoms. The third-order valence-electron chi connectivity index (χ3n) is 1.35. The van der Waals surface area contributed by atoms with Gasteiger partial charge in [0.05, 0.1) is 5.69 Å². The Bertz CT molecular complexity index is 235. The van der Waals surface area contributed by atoms with E-state index in [9.17, 15) is 0 Å². The van der Waals surface area contributed by atoms with Crippen molar-refractivity contribution in [2.75, 3.05) is 0 Å². The summed E-state index contributed by atoms with van der Waals surface area (Å²) >= 11 is 3.41. The molecule has 0 spiro atoms. The van der Waals surface area contributed by atoms with Gasteiger partial charge >= 0.3 is 0 Å². The lowest BCUT2D eigenvalue weighted by atomic mass is 10.2. The second-order valence-corrected chi connectivity index (χ2v) is 3.47. The Morgan fingerprint density at radius 3 is 3.00 bits per heavy atom. The van der Waals surface area contributed by atoms with E-state index in [0.717, 1.165) is 16.6 Å². The zero-order chi connectivity index (χ0) is 8.27. The number of halogens is 1. The Morgan fingerprint density at radius 2 is 2.45 bits per heavy atom. The van der Waals surface area contributed by atoms with Crippen molar-refractivity contribution >= 4 is 15.9 Å². The second-order valence-electron chi connectivity index (χ2n) is 2.61. The smallest absolute Gasteiger partial charge is 0.0560 e. The van der Waals surface area contributed by atoms with Gasteiger partial charge in [-0.05, 0) is 35.0 Å². The highest BCUT2D eigenvalue weighted by molar-refractivity contribution is 9.10. The van der Waals surface area contributed by atoms with Crippen LogP contribution in [0.2, 0.25) is 0 Å². The van der Waals surface area contributed by atoms with Crippen LogP contribution in [-0.4, -0.2) is 11.0 Å². The lowest BCUT2D eigenvalue weighted by Gasteiger charge is -2.04. The molecule has 60 valence electrons. The van der Waals surface area contributed by atoms with Crippen LogP contribution in [0.5, 0.6) is 0 Å². The van der Waals surface area contributed by atoms with Crippen molar-refractivity contribution in [2.24, 2.45) is 5.73 Å². The van der Waals surface area contributed by atoms with Crippen molar-refractivity contribution in [2.45, 2.75) is 19.4 Å². The summed E-state index contributed by atoms with van der Waals surface area (Å²) in [5.41, 5.74) is 6.66. The molecule has 0 unspecified atom stereocenters. The first-order chi connectivity index (χ1) is 5.20. The van der Waals surface area contributed by atoms with Gasteiger partial charge in [0, 0.05) is 23.1 Å². The van der Waals surface area contributed by atoms with Crippen LogP contribution in [-0.2, 0) is 6.42 Å². The van der Waals surface area contributed by atoms with Crippen LogP contribution in [0.4, 0.5) is 0 Å². The van der Waals surface area contributed by atoms with Gasteiger partial charge in [-0.25, -0.2) is 0 Å². The highest BCUT2D eigenvalue weighted by atomic mass is 79.9. The molecule has 0 fully saturated rings. The molecule has 0 aromatic carbocycles. The summed E-state index contributed by atoms with van der Waals surface area (Å²) in [4.78, 5) is 4.19. The lowest BCUT2D eigenvalue weighted by molar-refractivity contribution is 0.719. The number of nitrogens with two attached hydrogens (primary N) is 1. The maximum atomic E-state index is 5.63. The minimum Gasteiger partial charge on any atom is -0.328 e. The molecule has 0 radical (unpaired) electrons. The molecule has 0 saturated carbocycles. The Hall–Kier alpha value is -0.410. The minimum absolute atomic E-state index is 0.168. The minimum atomic E-state index is 0.168. The van der Waals surface area contributed by atoms with E-state index in [2.05, 4.69) is 20.9 Å². The molecule has 0 bridgehead atoms. The van der Waals surface area contributed by atoms with E-state index < -0.39 is 0 Å². The molecule has 1 atom stereocenters. The molecule has 0 aliphatic heterocycles. The zero-order valence-electron chi connectivity index (χ0n) is 6.42. The van der Waals surface area contributed by atoms with Gasteiger partial charge in [0.25, 0.3) is 0 Å². The topological polar surface area (TPSA) is 38.9 Å².